The van der Waals surface area contributed by atoms with E-state index in [0.29, 0.717) is 38.9 Å². The Morgan fingerprint density at radius 1 is 1.11 bits per heavy atom. The van der Waals surface area contributed by atoms with Gasteiger partial charge in [-0.15, -0.1) is 13.2 Å². The number of aliphatic hydroxyl groups excluding tert-OH is 1. The van der Waals surface area contributed by atoms with Gasteiger partial charge in [0.1, 0.15) is 11.6 Å². The van der Waals surface area contributed by atoms with Crippen molar-refractivity contribution in [3.63, 3.8) is 0 Å². The second kappa shape index (κ2) is 13.2. The number of aliphatic hydroxyl groups is 1. The van der Waals surface area contributed by atoms with Crippen LogP contribution >= 0.6 is 0 Å². The summed E-state index contributed by atoms with van der Waals surface area (Å²) in [7, 11) is 0. The zero-order valence-electron chi connectivity index (χ0n) is 27.6. The molecule has 3 saturated heterocycles. The summed E-state index contributed by atoms with van der Waals surface area (Å²) in [6, 6.07) is 8.06. The van der Waals surface area contributed by atoms with Gasteiger partial charge in [-0.2, -0.15) is 0 Å². The molecule has 3 aliphatic heterocycles. The van der Waals surface area contributed by atoms with Gasteiger partial charge in [-0.25, -0.2) is 0 Å². The van der Waals surface area contributed by atoms with Crippen LogP contribution in [0.1, 0.15) is 72.8 Å². The molecule has 4 rings (SSSR count). The van der Waals surface area contributed by atoms with Crippen LogP contribution in [0.3, 0.4) is 0 Å². The number of fused-ring (bicyclic) bond motifs is 1. The maximum Gasteiger partial charge on any atom is 0.249 e. The molecule has 0 saturated carbocycles. The molecule has 8 nitrogen and oxygen atoms in total. The monoisotopic (exact) mass is 607 g/mol. The summed E-state index contributed by atoms with van der Waals surface area (Å²) in [6.45, 7) is 21.3. The average molecular weight is 608 g/mol. The van der Waals surface area contributed by atoms with E-state index in [0.717, 1.165) is 18.4 Å². The molecule has 2 bridgehead atoms. The number of nitrogens with zero attached hydrogens (tertiary/aromatic N) is 3. The molecular formula is C36H53N3O5. The molecule has 3 heterocycles. The number of hydrogen-bond acceptors (Lipinski definition) is 5. The van der Waals surface area contributed by atoms with Gasteiger partial charge in [-0.3, -0.25) is 14.4 Å². The largest absolute Gasteiger partial charge is 0.394 e. The molecule has 0 aromatic heterocycles. The van der Waals surface area contributed by atoms with Crippen LogP contribution in [0, 0.1) is 17.3 Å². The number of benzene rings is 1. The topological polar surface area (TPSA) is 90.4 Å². The van der Waals surface area contributed by atoms with Crippen molar-refractivity contribution >= 4 is 17.7 Å². The Balaban J connectivity index is 1.83. The second-order valence-electron chi connectivity index (χ2n) is 14.7. The van der Waals surface area contributed by atoms with Gasteiger partial charge in [-0.05, 0) is 56.9 Å². The van der Waals surface area contributed by atoms with Crippen molar-refractivity contribution < 1.29 is 24.2 Å². The maximum atomic E-state index is 15.1. The molecule has 1 N–H and O–H groups in total. The molecule has 1 spiro atoms. The van der Waals surface area contributed by atoms with E-state index in [9.17, 15) is 14.7 Å². The van der Waals surface area contributed by atoms with Crippen LogP contribution in [0.2, 0.25) is 0 Å². The van der Waals surface area contributed by atoms with Crippen LogP contribution < -0.4 is 0 Å². The van der Waals surface area contributed by atoms with Gasteiger partial charge in [0, 0.05) is 25.2 Å². The molecule has 2 unspecified atom stereocenters. The zero-order chi connectivity index (χ0) is 32.4. The summed E-state index contributed by atoms with van der Waals surface area (Å²) in [6.07, 6.45) is 5.98. The molecule has 3 amide bonds. The highest BCUT2D eigenvalue weighted by molar-refractivity contribution is 5.99. The quantitative estimate of drug-likeness (QED) is 0.312. The summed E-state index contributed by atoms with van der Waals surface area (Å²) in [5.74, 6) is -2.10. The molecule has 1 aromatic carbocycles. The fraction of sp³-hybridized carbons (Fsp3) is 0.639. The number of amides is 3. The Kier molecular flexibility index (Phi) is 10.2. The lowest BCUT2D eigenvalue weighted by Gasteiger charge is -2.46. The van der Waals surface area contributed by atoms with Crippen LogP contribution in [0.4, 0.5) is 0 Å². The van der Waals surface area contributed by atoms with E-state index in [1.165, 1.54) is 0 Å². The van der Waals surface area contributed by atoms with E-state index in [-0.39, 0.29) is 29.7 Å². The zero-order valence-corrected chi connectivity index (χ0v) is 27.6. The lowest BCUT2D eigenvalue weighted by molar-refractivity contribution is -0.155. The Bertz CT molecular complexity index is 1220. The molecule has 8 heteroatoms. The van der Waals surface area contributed by atoms with Gasteiger partial charge in [0.15, 0.2) is 0 Å². The molecule has 44 heavy (non-hydrogen) atoms. The number of likely N-dealkylation sites (tertiary alicyclic amines) is 1. The third-order valence-corrected chi connectivity index (χ3v) is 9.60. The third kappa shape index (κ3) is 6.25. The summed E-state index contributed by atoms with van der Waals surface area (Å²) < 4.78 is 6.75. The minimum atomic E-state index is -1.15. The predicted molar refractivity (Wildman–Crippen MR) is 173 cm³/mol. The van der Waals surface area contributed by atoms with Crippen molar-refractivity contribution in [3.8, 4) is 0 Å². The Morgan fingerprint density at radius 3 is 2.34 bits per heavy atom. The van der Waals surface area contributed by atoms with Crippen molar-refractivity contribution in [3.05, 3.63) is 61.2 Å². The number of ether oxygens (including phenoxy) is 1. The molecule has 3 fully saturated rings. The van der Waals surface area contributed by atoms with Gasteiger partial charge in [-0.1, -0.05) is 70.2 Å². The van der Waals surface area contributed by atoms with Gasteiger partial charge in [0.2, 0.25) is 17.7 Å². The van der Waals surface area contributed by atoms with Gasteiger partial charge >= 0.3 is 0 Å². The molecule has 242 valence electrons. The van der Waals surface area contributed by atoms with Crippen LogP contribution in [0.5, 0.6) is 0 Å². The van der Waals surface area contributed by atoms with Crippen LogP contribution in [-0.4, -0.2) is 93.1 Å². The number of hydrogen-bond donors (Lipinski definition) is 1. The van der Waals surface area contributed by atoms with Gasteiger partial charge in [0.05, 0.1) is 30.6 Å². The Labute approximate surface area is 264 Å². The standard InChI is InChI=1S/C36H53N3O5/c1-9-19-37(20-10-2)31(41)28-27-17-18-36(44-27)29(28)32(42)39(26(23-40)22-25-15-13-12-14-16-25)30(36)33(43)38(21-11-3)35(7,8)24-34(4,5)6/h9,11-16,26-30,40H,1,3,10,17-24H2,2,4-8H3/t26-,27+,28-,29+,30?,36?/m1/s1. The maximum absolute atomic E-state index is 15.1. The first-order valence-corrected chi connectivity index (χ1v) is 16.2. The van der Waals surface area contributed by atoms with Crippen molar-refractivity contribution in [1.29, 1.82) is 0 Å². The van der Waals surface area contributed by atoms with Crippen LogP contribution in [0.25, 0.3) is 0 Å². The SMILES string of the molecule is C=CCN(CCC)C(=O)[C@@H]1[C@@H]2CCC3(O2)C(C(=O)N(CC=C)C(C)(C)CC(C)(C)C)N([C@@H](CO)Cc2ccccc2)C(=O)[C@H]13. The Morgan fingerprint density at radius 2 is 1.77 bits per heavy atom. The van der Waals surface area contributed by atoms with E-state index < -0.39 is 41.2 Å². The highest BCUT2D eigenvalue weighted by atomic mass is 16.5. The lowest BCUT2D eigenvalue weighted by Crippen LogP contribution is -2.62. The van der Waals surface area contributed by atoms with Crippen molar-refractivity contribution in [2.45, 2.75) is 103 Å². The minimum Gasteiger partial charge on any atom is -0.394 e. The van der Waals surface area contributed by atoms with E-state index in [1.807, 2.05) is 42.2 Å². The van der Waals surface area contributed by atoms with Crippen molar-refractivity contribution in [2.75, 3.05) is 26.2 Å². The average Bonchev–Trinajstić information content (AvgIpc) is 3.60. The number of carbonyl (C=O) groups is 3. The highest BCUT2D eigenvalue weighted by Crippen LogP contribution is 2.59. The van der Waals surface area contributed by atoms with Crippen LogP contribution in [-0.2, 0) is 25.5 Å². The van der Waals surface area contributed by atoms with Gasteiger partial charge < -0.3 is 24.5 Å². The lowest BCUT2D eigenvalue weighted by atomic mass is 9.70. The number of rotatable bonds is 14. The normalized spacial score (nSPS) is 26.8. The summed E-state index contributed by atoms with van der Waals surface area (Å²) in [4.78, 5) is 49.1. The molecular weight excluding hydrogens is 554 g/mol. The van der Waals surface area contributed by atoms with Crippen LogP contribution in [0.15, 0.2) is 55.6 Å². The van der Waals surface area contributed by atoms with E-state index in [1.54, 1.807) is 22.0 Å². The predicted octanol–water partition coefficient (Wildman–Crippen LogP) is 4.62. The first-order chi connectivity index (χ1) is 20.8. The third-order valence-electron chi connectivity index (χ3n) is 9.60. The van der Waals surface area contributed by atoms with Crippen molar-refractivity contribution in [1.82, 2.24) is 14.7 Å². The minimum absolute atomic E-state index is 0.0656. The molecule has 1 aromatic rings. The van der Waals surface area contributed by atoms with E-state index in [4.69, 9.17) is 4.74 Å². The van der Waals surface area contributed by atoms with Gasteiger partial charge in [0.25, 0.3) is 0 Å². The first kappa shape index (κ1) is 33.9. The molecule has 3 aliphatic rings. The smallest absolute Gasteiger partial charge is 0.249 e. The first-order valence-electron chi connectivity index (χ1n) is 16.2. The molecule has 0 radical (unpaired) electrons. The summed E-state index contributed by atoms with van der Waals surface area (Å²) in [5, 5.41) is 10.8. The summed E-state index contributed by atoms with van der Waals surface area (Å²) >= 11 is 0. The molecule has 6 atom stereocenters. The second-order valence-corrected chi connectivity index (χ2v) is 14.7. The van der Waals surface area contributed by atoms with Crippen molar-refractivity contribution in [2.24, 2.45) is 17.3 Å². The fourth-order valence-corrected chi connectivity index (χ4v) is 8.42. The van der Waals surface area contributed by atoms with E-state index >= 15 is 4.79 Å². The molecule has 0 aliphatic carbocycles. The Hall–Kier alpha value is -2.97. The number of carbonyl (C=O) groups excluding carboxylic acids is 3. The highest BCUT2D eigenvalue weighted by Gasteiger charge is 2.75. The van der Waals surface area contributed by atoms with E-state index in [2.05, 4.69) is 47.8 Å². The fourth-order valence-electron chi connectivity index (χ4n) is 8.42. The summed E-state index contributed by atoms with van der Waals surface area (Å²) in [5.41, 5.74) is -0.820.